The van der Waals surface area contributed by atoms with Gasteiger partial charge in [-0.15, -0.1) is 11.8 Å². The monoisotopic (exact) mass is 1730 g/mol. The van der Waals surface area contributed by atoms with Crippen LogP contribution in [0.2, 0.25) is 0 Å². The van der Waals surface area contributed by atoms with E-state index in [-0.39, 0.29) is 83.2 Å². The van der Waals surface area contributed by atoms with E-state index in [9.17, 15) is 62.6 Å². The van der Waals surface area contributed by atoms with Gasteiger partial charge in [-0.1, -0.05) is 100 Å². The van der Waals surface area contributed by atoms with Gasteiger partial charge in [-0.3, -0.25) is 93.0 Å². The summed E-state index contributed by atoms with van der Waals surface area (Å²) >= 11 is 0.537. The molecular formula is C82H115N23O17S. The minimum absolute atomic E-state index is 0.0142. The molecule has 21 N–H and O–H groups in total. The highest BCUT2D eigenvalue weighted by Gasteiger charge is 2.43. The largest absolute Gasteiger partial charge is 0.391 e. The minimum Gasteiger partial charge on any atom is -0.391 e. The first-order chi connectivity index (χ1) is 58.6. The van der Waals surface area contributed by atoms with Gasteiger partial charge < -0.3 is 99.4 Å². The fraction of sp³-hybridized carbons (Fsp3) is 0.500. The maximum Gasteiger partial charge on any atom is 0.259 e. The van der Waals surface area contributed by atoms with Gasteiger partial charge in [0.1, 0.15) is 66.5 Å². The Morgan fingerprint density at radius 1 is 0.585 bits per heavy atom. The van der Waals surface area contributed by atoms with Gasteiger partial charge in [-0.2, -0.15) is 0 Å². The highest BCUT2D eigenvalue weighted by molar-refractivity contribution is 8.01. The number of aromatic amines is 3. The number of primary amides is 2. The van der Waals surface area contributed by atoms with E-state index in [2.05, 4.69) is 78.5 Å². The fourth-order valence-corrected chi connectivity index (χ4v) is 15.4. The molecular weight excluding hydrogens is 1610 g/mol. The van der Waals surface area contributed by atoms with E-state index in [1.165, 1.54) is 59.6 Å². The number of aliphatic hydroxyl groups excluding tert-OH is 1. The van der Waals surface area contributed by atoms with Crippen LogP contribution in [0.5, 0.6) is 0 Å². The lowest BCUT2D eigenvalue weighted by molar-refractivity contribution is -0.155. The Balaban J connectivity index is 1.18. The first kappa shape index (κ1) is 96.1. The number of nitrogens with zero attached hydrogens (tertiary/aromatic N) is 6. The molecule has 2 aliphatic heterocycles. The van der Waals surface area contributed by atoms with E-state index in [1.807, 2.05) is 6.92 Å². The lowest BCUT2D eigenvalue weighted by atomic mass is 10.0. The number of imidazole rings is 1. The number of hydrogen-bond donors (Lipinski definition) is 18. The molecule has 2 saturated heterocycles. The average molecular weight is 1730 g/mol. The van der Waals surface area contributed by atoms with Crippen LogP contribution in [0.15, 0.2) is 104 Å². The number of nitrogens with two attached hydrogens (primary N) is 3. The van der Waals surface area contributed by atoms with Crippen molar-refractivity contribution in [1.29, 1.82) is 0 Å². The maximum atomic E-state index is 15.5. The molecule has 41 heteroatoms. The van der Waals surface area contributed by atoms with Crippen LogP contribution in [-0.2, 0) is 102 Å². The number of aromatic nitrogens is 4. The number of fused-ring (bicyclic) bond motifs is 3. The molecule has 3 aromatic carbocycles. The lowest BCUT2D eigenvalue weighted by Gasteiger charge is -2.37. The molecule has 3 aromatic heterocycles. The van der Waals surface area contributed by atoms with E-state index < -0.39 is 198 Å². The summed E-state index contributed by atoms with van der Waals surface area (Å²) in [6, 6.07) is 5.99. The number of carbonyl (C=O) groups is 16. The second kappa shape index (κ2) is 46.1. The van der Waals surface area contributed by atoms with Crippen LogP contribution >= 0.6 is 11.8 Å². The molecule has 123 heavy (non-hydrogen) atoms. The summed E-state index contributed by atoms with van der Waals surface area (Å²) in [7, 11) is 5.31. The van der Waals surface area contributed by atoms with Crippen molar-refractivity contribution < 1.29 is 81.8 Å². The first-order valence-electron chi connectivity index (χ1n) is 40.8. The predicted molar refractivity (Wildman–Crippen MR) is 453 cm³/mol. The van der Waals surface area contributed by atoms with Crippen LogP contribution < -0.4 is 75.9 Å². The molecule has 666 valence electrons. The molecule has 40 nitrogen and oxygen atoms in total. The number of aliphatic hydroxyl groups is 1. The van der Waals surface area contributed by atoms with Crippen LogP contribution in [0.4, 0.5) is 0 Å². The summed E-state index contributed by atoms with van der Waals surface area (Å²) in [5, 5.41) is 40.0. The molecule has 6 aromatic rings. The van der Waals surface area contributed by atoms with Crippen molar-refractivity contribution in [3.05, 3.63) is 126 Å². The molecule has 5 heterocycles. The molecule has 0 spiro atoms. The first-order valence-corrected chi connectivity index (χ1v) is 41.8. The number of benzene rings is 3. The van der Waals surface area contributed by atoms with Gasteiger partial charge in [0.25, 0.3) is 11.8 Å². The third-order valence-electron chi connectivity index (χ3n) is 21.5. The maximum absolute atomic E-state index is 15.5. The van der Waals surface area contributed by atoms with Crippen molar-refractivity contribution >= 4 is 128 Å². The molecule has 13 atom stereocenters. The lowest BCUT2D eigenvalue weighted by Crippen LogP contribution is -2.62. The summed E-state index contributed by atoms with van der Waals surface area (Å²) in [5.41, 5.74) is 16.9. The Bertz CT molecular complexity index is 4720. The number of carbonyl (C=O) groups excluding carboxylic acids is 16. The van der Waals surface area contributed by atoms with E-state index in [0.29, 0.717) is 68.8 Å². The normalized spacial score (nSPS) is 23.9. The van der Waals surface area contributed by atoms with Gasteiger partial charge in [0, 0.05) is 113 Å². The highest BCUT2D eigenvalue weighted by Crippen LogP contribution is 2.25. The summed E-state index contributed by atoms with van der Waals surface area (Å²) in [4.78, 5) is 249. The smallest absolute Gasteiger partial charge is 0.259 e. The van der Waals surface area contributed by atoms with Crippen molar-refractivity contribution in [2.24, 2.45) is 23.2 Å². The Labute approximate surface area is 715 Å². The number of rotatable bonds is 23. The number of hydrazine groups is 2. The Hall–Kier alpha value is -12.3. The molecule has 8 rings (SSSR count). The molecule has 0 bridgehead atoms. The van der Waals surface area contributed by atoms with Crippen molar-refractivity contribution in [1.82, 2.24) is 103 Å². The van der Waals surface area contributed by atoms with Crippen LogP contribution in [-0.4, -0.2) is 282 Å². The summed E-state index contributed by atoms with van der Waals surface area (Å²) in [5.74, 6) is -10.1. The van der Waals surface area contributed by atoms with Crippen LogP contribution in [0.1, 0.15) is 115 Å². The van der Waals surface area contributed by atoms with Crippen molar-refractivity contribution in [2.75, 3.05) is 60.1 Å². The number of nitrogens with one attached hydrogen (secondary N) is 14. The third-order valence-corrected chi connectivity index (χ3v) is 22.5. The van der Waals surface area contributed by atoms with Crippen molar-refractivity contribution in [3.63, 3.8) is 0 Å². The Morgan fingerprint density at radius 2 is 1.16 bits per heavy atom. The molecule has 0 unspecified atom stereocenters. The van der Waals surface area contributed by atoms with E-state index in [4.69, 9.17) is 17.3 Å². The zero-order valence-electron chi connectivity index (χ0n) is 70.4. The van der Waals surface area contributed by atoms with Crippen molar-refractivity contribution in [2.45, 2.75) is 196 Å². The summed E-state index contributed by atoms with van der Waals surface area (Å²) in [6.45, 7) is 6.49. The van der Waals surface area contributed by atoms with Gasteiger partial charge >= 0.3 is 0 Å². The number of thioether (sulfide) groups is 1. The second-order valence-corrected chi connectivity index (χ2v) is 32.3. The SMILES string of the molecule is CCCC[C@H]1C(=O)N[C@@H](CCCNN)C(=O)N[C@H](C(=O)NCC(N)=O)SCC(=O)N[C@@H](Cc2ccccc2)C(=O)N(C)[C@@H](C)C(=O)N[C@@H](CC(N)=O)C(=O)N2CCC[C@H]2C(=O)N[C@@H](Cc2cnc[nH]2)C(=O)N[C@@H](CC(C)C)C(=O)N(C)CC(=O)N[C@@H](Cc2c[nH]c3ccccc23)C(=O)N[C@@H]([C@@H](C)O)C(=O)N[C@@H](Cc2c[nH]c3ccccc23)C(=O)N(C)N1C. The van der Waals surface area contributed by atoms with Gasteiger partial charge in [-0.25, -0.2) is 9.99 Å². The predicted octanol–water partition coefficient (Wildman–Crippen LogP) is -2.98. The highest BCUT2D eigenvalue weighted by atomic mass is 32.2. The van der Waals surface area contributed by atoms with Crippen molar-refractivity contribution in [3.8, 4) is 0 Å². The standard InChI is InChI=1S/C82H115N23O17S/c1-10-11-28-63-74(115)94-56(27-19-30-91-85)71(112)100-78(77(118)89-41-66(84)108)123-43-68(110)93-60(33-48-21-13-12-14-22-48)80(120)102(7)46(4)70(111)96-62(37-65(83)107)82(122)105-31-20-29-64(105)75(116)95-58(36-51-40-86-44-90-51)72(113)97-59(32-45(2)3)79(119)101(6)42-67(109)92-57(34-49-38-87-54-25-17-15-23-52(49)54)73(114)99-69(47(5)106)76(117)98-61(81(121)104(9)103(63)8)35-50-39-88-55-26-18-16-24-53(50)55/h12-18,21-26,38-40,44-47,56-64,69,78,87-88,91,106H,10-11,19-20,27-37,41-43,85H2,1-9H3,(H2,83,107)(H2,84,108)(H,86,90)(H,89,118)(H,92,109)(H,93,110)(H,94,115)(H,95,116)(H,96,111)(H,97,113)(H,98,117)(H,99,114)(H,100,112)/t46-,47+,56-,57-,58-,59-,60-,61-,62-,63-,64-,69-,78-/m0/s1. The number of para-hydroxylation sites is 2. The quantitative estimate of drug-likeness (QED) is 0.0173. The Kier molecular flexibility index (Phi) is 36.0. The molecule has 2 fully saturated rings. The number of likely N-dealkylation sites (N-methyl/N-ethyl adjacent to an activating group) is 4. The van der Waals surface area contributed by atoms with Gasteiger partial charge in [0.15, 0.2) is 5.37 Å². The van der Waals surface area contributed by atoms with Gasteiger partial charge in [0.05, 0.1) is 37.7 Å². The van der Waals surface area contributed by atoms with Crippen LogP contribution in [0.3, 0.4) is 0 Å². The number of hydrogen-bond acceptors (Lipinski definition) is 22. The number of amides is 16. The van der Waals surface area contributed by atoms with Gasteiger partial charge in [-0.05, 0) is 87.1 Å². The fourth-order valence-electron chi connectivity index (χ4n) is 14.6. The summed E-state index contributed by atoms with van der Waals surface area (Å²) in [6.07, 6.45) is 3.76. The number of unbranched alkanes of at least 4 members (excludes halogenated alkanes) is 1. The zero-order valence-corrected chi connectivity index (χ0v) is 71.2. The molecule has 0 aliphatic carbocycles. The topological polar surface area (TPSA) is 580 Å². The molecule has 0 radical (unpaired) electrons. The molecule has 16 amide bonds. The zero-order chi connectivity index (χ0) is 89.9. The van der Waals surface area contributed by atoms with E-state index >= 15 is 19.2 Å². The number of H-pyrrole nitrogens is 3. The molecule has 2 aliphatic rings. The van der Waals surface area contributed by atoms with Crippen LogP contribution in [0, 0.1) is 5.92 Å². The molecule has 0 saturated carbocycles. The second-order valence-electron chi connectivity index (χ2n) is 31.3. The Morgan fingerprint density at radius 3 is 1.77 bits per heavy atom. The summed E-state index contributed by atoms with van der Waals surface area (Å²) < 4.78 is 0. The minimum atomic E-state index is -1.86. The van der Waals surface area contributed by atoms with Crippen LogP contribution in [0.25, 0.3) is 21.8 Å². The third kappa shape index (κ3) is 27.3. The van der Waals surface area contributed by atoms with E-state index in [1.54, 1.807) is 105 Å². The average Bonchev–Trinajstić information content (AvgIpc) is 1.72. The van der Waals surface area contributed by atoms with Gasteiger partial charge in [0.2, 0.25) is 82.7 Å². The van der Waals surface area contributed by atoms with E-state index in [0.717, 1.165) is 19.7 Å².